The van der Waals surface area contributed by atoms with Crippen molar-refractivity contribution in [3.05, 3.63) is 81.9 Å². The van der Waals surface area contributed by atoms with Crippen molar-refractivity contribution >= 4 is 47.2 Å². The lowest BCUT2D eigenvalue weighted by Crippen LogP contribution is -2.49. The molecule has 0 bridgehead atoms. The van der Waals surface area contributed by atoms with E-state index in [-0.39, 0.29) is 11.8 Å². The van der Waals surface area contributed by atoms with Gasteiger partial charge in [-0.05, 0) is 35.4 Å². The molecular weight excluding hydrogens is 433 g/mol. The maximum absolute atomic E-state index is 12.4. The van der Waals surface area contributed by atoms with Gasteiger partial charge in [0.1, 0.15) is 0 Å². The predicted octanol–water partition coefficient (Wildman–Crippen LogP) is 3.98. The van der Waals surface area contributed by atoms with Gasteiger partial charge in [0.15, 0.2) is 0 Å². The van der Waals surface area contributed by atoms with Crippen molar-refractivity contribution in [3.8, 4) is 0 Å². The van der Waals surface area contributed by atoms with Gasteiger partial charge in [0.2, 0.25) is 11.8 Å². The molecule has 0 atom stereocenters. The van der Waals surface area contributed by atoms with Crippen LogP contribution in [0.3, 0.4) is 0 Å². The summed E-state index contributed by atoms with van der Waals surface area (Å²) in [5.41, 5.74) is 1.64. The summed E-state index contributed by atoms with van der Waals surface area (Å²) in [4.78, 5) is 28.5. The van der Waals surface area contributed by atoms with Crippen LogP contribution in [0.5, 0.6) is 0 Å². The topological polar surface area (TPSA) is 52.7 Å². The molecule has 3 rings (SSSR count). The second-order valence-corrected chi connectivity index (χ2v) is 7.98. The largest absolute Gasteiger partial charge is 0.351 e. The molecule has 162 valence electrons. The summed E-state index contributed by atoms with van der Waals surface area (Å²) in [7, 11) is 0. The summed E-state index contributed by atoms with van der Waals surface area (Å²) >= 11 is 12.2. The Morgan fingerprint density at radius 2 is 1.39 bits per heavy atom. The first-order valence-corrected chi connectivity index (χ1v) is 10.9. The molecule has 0 unspecified atom stereocenters. The highest BCUT2D eigenvalue weighted by atomic mass is 35.5. The minimum absolute atomic E-state index is 0.0161. The van der Waals surface area contributed by atoms with E-state index in [0.717, 1.165) is 30.8 Å². The highest BCUT2D eigenvalue weighted by Gasteiger charge is 2.19. The van der Waals surface area contributed by atoms with Crippen LogP contribution in [0.2, 0.25) is 10.0 Å². The van der Waals surface area contributed by atoms with Crippen LogP contribution in [0, 0.1) is 0 Å². The zero-order valence-electron chi connectivity index (χ0n) is 17.1. The van der Waals surface area contributed by atoms with E-state index in [0.29, 0.717) is 29.7 Å². The highest BCUT2D eigenvalue weighted by Crippen LogP contribution is 2.17. The monoisotopic (exact) mass is 457 g/mol. The van der Waals surface area contributed by atoms with Gasteiger partial charge in [-0.2, -0.15) is 0 Å². The molecule has 1 fully saturated rings. The Hall–Kier alpha value is -2.60. The van der Waals surface area contributed by atoms with E-state index < -0.39 is 0 Å². The van der Waals surface area contributed by atoms with E-state index in [1.807, 2.05) is 41.3 Å². The number of nitrogens with one attached hydrogen (secondary N) is 1. The molecule has 1 heterocycles. The van der Waals surface area contributed by atoms with E-state index in [1.54, 1.807) is 30.4 Å². The zero-order chi connectivity index (χ0) is 22.1. The molecule has 31 heavy (non-hydrogen) atoms. The molecule has 0 aromatic heterocycles. The van der Waals surface area contributed by atoms with Gasteiger partial charge in [0.25, 0.3) is 0 Å². The molecule has 1 aliphatic heterocycles. The summed E-state index contributed by atoms with van der Waals surface area (Å²) in [6, 6.07) is 14.8. The summed E-state index contributed by atoms with van der Waals surface area (Å²) in [6.07, 6.45) is 6.52. The molecule has 0 saturated carbocycles. The van der Waals surface area contributed by atoms with E-state index in [2.05, 4.69) is 10.2 Å². The summed E-state index contributed by atoms with van der Waals surface area (Å²) in [5.74, 6) is -0.170. The average molecular weight is 458 g/mol. The summed E-state index contributed by atoms with van der Waals surface area (Å²) < 4.78 is 0. The Balaban J connectivity index is 1.36. The van der Waals surface area contributed by atoms with Crippen LogP contribution >= 0.6 is 23.2 Å². The maximum Gasteiger partial charge on any atom is 0.246 e. The third-order valence-electron chi connectivity index (χ3n) is 5.04. The molecule has 2 aromatic rings. The Bertz CT molecular complexity index is 964. The van der Waals surface area contributed by atoms with Gasteiger partial charge < -0.3 is 10.2 Å². The molecule has 7 heteroatoms. The van der Waals surface area contributed by atoms with Crippen LogP contribution in [0.25, 0.3) is 12.2 Å². The first-order chi connectivity index (χ1) is 15.0. The number of carbonyl (C=O) groups is 2. The first-order valence-electron chi connectivity index (χ1n) is 10.2. The molecule has 0 aliphatic carbocycles. The van der Waals surface area contributed by atoms with Crippen LogP contribution < -0.4 is 5.32 Å². The number of nitrogens with zero attached hydrogens (tertiary/aromatic N) is 2. The van der Waals surface area contributed by atoms with E-state index >= 15 is 0 Å². The second kappa shape index (κ2) is 11.7. The minimum Gasteiger partial charge on any atom is -0.351 e. The summed E-state index contributed by atoms with van der Waals surface area (Å²) in [6.45, 7) is 4.15. The fraction of sp³-hybridized carbons (Fsp3) is 0.250. The van der Waals surface area contributed by atoms with Crippen molar-refractivity contribution in [1.82, 2.24) is 15.1 Å². The van der Waals surface area contributed by atoms with Crippen molar-refractivity contribution in [2.75, 3.05) is 39.3 Å². The number of rotatable bonds is 7. The number of benzene rings is 2. The molecule has 5 nitrogen and oxygen atoms in total. The van der Waals surface area contributed by atoms with Gasteiger partial charge in [0.05, 0.1) is 0 Å². The Labute approximate surface area is 192 Å². The van der Waals surface area contributed by atoms with Gasteiger partial charge in [-0.15, -0.1) is 0 Å². The molecule has 0 radical (unpaired) electrons. The lowest BCUT2D eigenvalue weighted by molar-refractivity contribution is -0.127. The lowest BCUT2D eigenvalue weighted by atomic mass is 10.2. The van der Waals surface area contributed by atoms with Crippen molar-refractivity contribution in [3.63, 3.8) is 0 Å². The third kappa shape index (κ3) is 7.24. The lowest BCUT2D eigenvalue weighted by Gasteiger charge is -2.34. The standard InChI is InChI=1S/C24H25Cl2N3O2/c25-21-7-3-1-5-19(21)9-11-23(30)27-13-14-28-15-17-29(18-16-28)24(31)12-10-20-6-2-4-8-22(20)26/h1-12H,13-18H2,(H,27,30)/b11-9+,12-10+. The zero-order valence-corrected chi connectivity index (χ0v) is 18.6. The highest BCUT2D eigenvalue weighted by molar-refractivity contribution is 6.32. The molecule has 1 aliphatic rings. The molecular formula is C24H25Cl2N3O2. The quantitative estimate of drug-likeness (QED) is 0.639. The summed E-state index contributed by atoms with van der Waals surface area (Å²) in [5, 5.41) is 4.12. The minimum atomic E-state index is -0.154. The fourth-order valence-corrected chi connectivity index (χ4v) is 3.64. The van der Waals surface area contributed by atoms with Crippen LogP contribution in [0.15, 0.2) is 60.7 Å². The average Bonchev–Trinajstić information content (AvgIpc) is 2.78. The van der Waals surface area contributed by atoms with E-state index in [4.69, 9.17) is 23.2 Å². The van der Waals surface area contributed by atoms with Crippen LogP contribution in [0.4, 0.5) is 0 Å². The van der Waals surface area contributed by atoms with Crippen molar-refractivity contribution in [2.45, 2.75) is 0 Å². The van der Waals surface area contributed by atoms with E-state index in [1.165, 1.54) is 6.08 Å². The van der Waals surface area contributed by atoms with Crippen LogP contribution in [-0.4, -0.2) is 60.9 Å². The predicted molar refractivity (Wildman–Crippen MR) is 127 cm³/mol. The maximum atomic E-state index is 12.4. The van der Waals surface area contributed by atoms with Crippen molar-refractivity contribution in [2.24, 2.45) is 0 Å². The molecule has 0 spiro atoms. The Morgan fingerprint density at radius 1 is 0.839 bits per heavy atom. The number of hydrogen-bond donors (Lipinski definition) is 1. The van der Waals surface area contributed by atoms with Crippen LogP contribution in [-0.2, 0) is 9.59 Å². The number of piperazine rings is 1. The van der Waals surface area contributed by atoms with Gasteiger partial charge in [-0.25, -0.2) is 0 Å². The van der Waals surface area contributed by atoms with Crippen molar-refractivity contribution in [1.29, 1.82) is 0 Å². The molecule has 2 amide bonds. The number of carbonyl (C=O) groups excluding carboxylic acids is 2. The normalized spacial score (nSPS) is 15.0. The molecule has 1 saturated heterocycles. The molecule has 2 aromatic carbocycles. The van der Waals surface area contributed by atoms with Gasteiger partial charge in [-0.3, -0.25) is 14.5 Å². The van der Waals surface area contributed by atoms with Crippen molar-refractivity contribution < 1.29 is 9.59 Å². The third-order valence-corrected chi connectivity index (χ3v) is 5.73. The van der Waals surface area contributed by atoms with Crippen LogP contribution in [0.1, 0.15) is 11.1 Å². The SMILES string of the molecule is O=C(/C=C/c1ccccc1Cl)NCCN1CCN(C(=O)/C=C/c2ccccc2Cl)CC1. The Kier molecular flexibility index (Phi) is 8.71. The smallest absolute Gasteiger partial charge is 0.246 e. The fourth-order valence-electron chi connectivity index (χ4n) is 3.24. The second-order valence-electron chi connectivity index (χ2n) is 7.17. The van der Waals surface area contributed by atoms with Gasteiger partial charge in [-0.1, -0.05) is 59.6 Å². The van der Waals surface area contributed by atoms with E-state index in [9.17, 15) is 9.59 Å². The Morgan fingerprint density at radius 3 is 1.97 bits per heavy atom. The molecule has 1 N–H and O–H groups in total. The number of hydrogen-bond acceptors (Lipinski definition) is 3. The first kappa shape index (κ1) is 23.1. The number of amides is 2. The number of halogens is 2. The van der Waals surface area contributed by atoms with Gasteiger partial charge in [0, 0.05) is 61.5 Å². The van der Waals surface area contributed by atoms with Gasteiger partial charge >= 0.3 is 0 Å².